The Morgan fingerprint density at radius 3 is 2.94 bits per heavy atom. The molecule has 0 unspecified atom stereocenters. The van der Waals surface area contributed by atoms with E-state index in [1.807, 2.05) is 5.38 Å². The van der Waals surface area contributed by atoms with E-state index in [9.17, 15) is 9.18 Å². The third-order valence-electron chi connectivity index (χ3n) is 1.95. The summed E-state index contributed by atoms with van der Waals surface area (Å²) in [5.41, 5.74) is 0.403. The minimum atomic E-state index is -0.382. The number of benzene rings is 1. The maximum Gasteiger partial charge on any atom is 0.161 e. The summed E-state index contributed by atoms with van der Waals surface area (Å²) < 4.78 is 14.3. The molecule has 0 spiro atoms. The summed E-state index contributed by atoms with van der Waals surface area (Å²) in [5.74, 6) is -0.522. The normalized spacial score (nSPS) is 10.4. The van der Waals surface area contributed by atoms with Crippen LogP contribution in [0.25, 0.3) is 0 Å². The molecule has 2 nitrogen and oxygen atoms in total. The third kappa shape index (κ3) is 2.31. The Balaban J connectivity index is 2.42. The van der Waals surface area contributed by atoms with Crippen LogP contribution in [0.5, 0.6) is 0 Å². The SMILES string of the molecule is CC(=O)c1cccc(F)c1Sc1nccs1. The van der Waals surface area contributed by atoms with Crippen LogP contribution in [0.15, 0.2) is 39.0 Å². The summed E-state index contributed by atoms with van der Waals surface area (Å²) in [5, 5.41) is 1.82. The first-order valence-corrected chi connectivity index (χ1v) is 6.25. The number of hydrogen-bond donors (Lipinski definition) is 0. The maximum atomic E-state index is 13.6. The largest absolute Gasteiger partial charge is 0.294 e. The molecule has 0 N–H and O–H groups in total. The van der Waals surface area contributed by atoms with Gasteiger partial charge in [0.25, 0.3) is 0 Å². The van der Waals surface area contributed by atoms with Gasteiger partial charge in [-0.25, -0.2) is 9.37 Å². The quantitative estimate of drug-likeness (QED) is 0.782. The van der Waals surface area contributed by atoms with Gasteiger partial charge in [-0.2, -0.15) is 0 Å². The van der Waals surface area contributed by atoms with Crippen molar-refractivity contribution >= 4 is 28.9 Å². The Labute approximate surface area is 101 Å². The van der Waals surface area contributed by atoms with E-state index in [1.54, 1.807) is 12.3 Å². The van der Waals surface area contributed by atoms with E-state index < -0.39 is 0 Å². The molecule has 0 aliphatic carbocycles. The van der Waals surface area contributed by atoms with Gasteiger partial charge < -0.3 is 0 Å². The molecule has 0 fully saturated rings. The summed E-state index contributed by atoms with van der Waals surface area (Å²) in [6, 6.07) is 4.52. The van der Waals surface area contributed by atoms with Crippen molar-refractivity contribution in [1.29, 1.82) is 0 Å². The predicted molar refractivity (Wildman–Crippen MR) is 62.6 cm³/mol. The van der Waals surface area contributed by atoms with E-state index in [0.29, 0.717) is 10.5 Å². The molecular formula is C11H8FNOS2. The first kappa shape index (κ1) is 11.3. The third-order valence-corrected chi connectivity index (χ3v) is 3.95. The van der Waals surface area contributed by atoms with Gasteiger partial charge in [-0.1, -0.05) is 23.9 Å². The second-order valence-corrected chi connectivity index (χ2v) is 5.22. The van der Waals surface area contributed by atoms with Gasteiger partial charge in [0.1, 0.15) is 5.82 Å². The van der Waals surface area contributed by atoms with E-state index >= 15 is 0 Å². The second-order valence-electron chi connectivity index (χ2n) is 3.07. The van der Waals surface area contributed by atoms with Crippen molar-refractivity contribution < 1.29 is 9.18 Å². The molecule has 0 amide bonds. The lowest BCUT2D eigenvalue weighted by Crippen LogP contribution is -1.97. The van der Waals surface area contributed by atoms with Crippen molar-refractivity contribution in [3.05, 3.63) is 41.2 Å². The summed E-state index contributed by atoms with van der Waals surface area (Å²) in [4.78, 5) is 15.8. The molecule has 2 rings (SSSR count). The molecule has 0 atom stereocenters. The van der Waals surface area contributed by atoms with Crippen LogP contribution in [0.1, 0.15) is 17.3 Å². The van der Waals surface area contributed by atoms with Crippen LogP contribution < -0.4 is 0 Å². The summed E-state index contributed by atoms with van der Waals surface area (Å²) in [7, 11) is 0. The zero-order chi connectivity index (χ0) is 11.5. The molecule has 1 heterocycles. The highest BCUT2D eigenvalue weighted by atomic mass is 32.2. The van der Waals surface area contributed by atoms with E-state index in [0.717, 1.165) is 4.34 Å². The number of halogens is 1. The molecule has 0 bridgehead atoms. The van der Waals surface area contributed by atoms with Gasteiger partial charge in [-0.15, -0.1) is 11.3 Å². The molecule has 2 aromatic rings. The molecule has 1 aromatic heterocycles. The summed E-state index contributed by atoms with van der Waals surface area (Å²) >= 11 is 2.61. The fourth-order valence-electron chi connectivity index (χ4n) is 1.24. The zero-order valence-electron chi connectivity index (χ0n) is 8.44. The van der Waals surface area contributed by atoms with Gasteiger partial charge in [0.05, 0.1) is 4.90 Å². The zero-order valence-corrected chi connectivity index (χ0v) is 10.1. The van der Waals surface area contributed by atoms with Crippen molar-refractivity contribution in [3.63, 3.8) is 0 Å². The molecule has 0 aliphatic rings. The van der Waals surface area contributed by atoms with Crippen LogP contribution in [0, 0.1) is 5.82 Å². The second kappa shape index (κ2) is 4.76. The Morgan fingerprint density at radius 2 is 2.31 bits per heavy atom. The highest BCUT2D eigenvalue weighted by Crippen LogP contribution is 2.33. The van der Waals surface area contributed by atoms with Crippen molar-refractivity contribution in [2.24, 2.45) is 0 Å². The number of rotatable bonds is 3. The van der Waals surface area contributed by atoms with Crippen LogP contribution in [-0.2, 0) is 0 Å². The lowest BCUT2D eigenvalue weighted by Gasteiger charge is -2.05. The molecule has 0 radical (unpaired) electrons. The number of ketones is 1. The van der Waals surface area contributed by atoms with Crippen LogP contribution >= 0.6 is 23.1 Å². The standard InChI is InChI=1S/C11H8FNOS2/c1-7(14)8-3-2-4-9(12)10(8)16-11-13-5-6-15-11/h2-6H,1H3. The number of carbonyl (C=O) groups excluding carboxylic acids is 1. The van der Waals surface area contributed by atoms with Gasteiger partial charge in [0.15, 0.2) is 10.1 Å². The van der Waals surface area contributed by atoms with Crippen LogP contribution in [0.3, 0.4) is 0 Å². The molecular weight excluding hydrogens is 245 g/mol. The Morgan fingerprint density at radius 1 is 1.50 bits per heavy atom. The van der Waals surface area contributed by atoms with Gasteiger partial charge in [0.2, 0.25) is 0 Å². The van der Waals surface area contributed by atoms with Crippen molar-refractivity contribution in [1.82, 2.24) is 4.98 Å². The van der Waals surface area contributed by atoms with Crippen molar-refractivity contribution in [3.8, 4) is 0 Å². The molecule has 0 saturated heterocycles. The molecule has 0 aliphatic heterocycles. The number of Topliss-reactive ketones (excluding diaryl/α,β-unsaturated/α-hetero) is 1. The number of nitrogens with zero attached hydrogens (tertiary/aromatic N) is 1. The van der Waals surface area contributed by atoms with Gasteiger partial charge in [-0.05, 0) is 13.0 Å². The number of carbonyl (C=O) groups is 1. The smallest absolute Gasteiger partial charge is 0.161 e. The topological polar surface area (TPSA) is 30.0 Å². The fourth-order valence-corrected chi connectivity index (χ4v) is 2.98. The Bertz CT molecular complexity index is 511. The molecule has 1 aromatic carbocycles. The maximum absolute atomic E-state index is 13.6. The Kier molecular flexibility index (Phi) is 3.36. The summed E-state index contributed by atoms with van der Waals surface area (Å²) in [6.45, 7) is 1.43. The minimum Gasteiger partial charge on any atom is -0.294 e. The first-order chi connectivity index (χ1) is 7.68. The van der Waals surface area contributed by atoms with E-state index in [4.69, 9.17) is 0 Å². The van der Waals surface area contributed by atoms with Crippen LogP contribution in [-0.4, -0.2) is 10.8 Å². The van der Waals surface area contributed by atoms with Crippen molar-refractivity contribution in [2.45, 2.75) is 16.2 Å². The van der Waals surface area contributed by atoms with E-state index in [-0.39, 0.29) is 11.6 Å². The molecule has 0 saturated carbocycles. The number of aromatic nitrogens is 1. The van der Waals surface area contributed by atoms with Crippen LogP contribution in [0.2, 0.25) is 0 Å². The predicted octanol–water partition coefficient (Wildman–Crippen LogP) is 3.64. The lowest BCUT2D eigenvalue weighted by atomic mass is 10.1. The Hall–Kier alpha value is -1.20. The van der Waals surface area contributed by atoms with Gasteiger partial charge in [-0.3, -0.25) is 4.79 Å². The summed E-state index contributed by atoms with van der Waals surface area (Å²) in [6.07, 6.45) is 1.65. The number of thiazole rings is 1. The monoisotopic (exact) mass is 253 g/mol. The number of hydrogen-bond acceptors (Lipinski definition) is 4. The van der Waals surface area contributed by atoms with Gasteiger partial charge in [0, 0.05) is 17.1 Å². The van der Waals surface area contributed by atoms with Gasteiger partial charge >= 0.3 is 0 Å². The lowest BCUT2D eigenvalue weighted by molar-refractivity contribution is 0.101. The highest BCUT2D eigenvalue weighted by molar-refractivity contribution is 8.01. The highest BCUT2D eigenvalue weighted by Gasteiger charge is 2.14. The fraction of sp³-hybridized carbons (Fsp3) is 0.0909. The van der Waals surface area contributed by atoms with E-state index in [2.05, 4.69) is 4.98 Å². The average Bonchev–Trinajstić information content (AvgIpc) is 2.73. The molecule has 82 valence electrons. The molecule has 5 heteroatoms. The van der Waals surface area contributed by atoms with Crippen LogP contribution in [0.4, 0.5) is 4.39 Å². The first-order valence-electron chi connectivity index (χ1n) is 4.55. The van der Waals surface area contributed by atoms with E-state index in [1.165, 1.54) is 42.2 Å². The average molecular weight is 253 g/mol. The molecule has 16 heavy (non-hydrogen) atoms. The minimum absolute atomic E-state index is 0.140. The van der Waals surface area contributed by atoms with Crippen molar-refractivity contribution in [2.75, 3.05) is 0 Å².